The van der Waals surface area contributed by atoms with Gasteiger partial charge in [-0.05, 0) is 111 Å². The first-order valence-electron chi connectivity index (χ1n) is 15.7. The topological polar surface area (TPSA) is 9.23 Å². The van der Waals surface area contributed by atoms with E-state index in [2.05, 4.69) is 74.5 Å². The lowest BCUT2D eigenvalue weighted by atomic mass is 9.79. The Morgan fingerprint density at radius 3 is 1.73 bits per heavy atom. The van der Waals surface area contributed by atoms with Crippen molar-refractivity contribution in [2.24, 2.45) is 11.8 Å². The summed E-state index contributed by atoms with van der Waals surface area (Å²) in [6.07, 6.45) is 25.8. The normalized spacial score (nSPS) is 18.0. The summed E-state index contributed by atoms with van der Waals surface area (Å²) in [5, 5.41) is 0. The molecule has 204 valence electrons. The van der Waals surface area contributed by atoms with Gasteiger partial charge in [-0.25, -0.2) is 0 Å². The molecule has 0 unspecified atom stereocenters. The van der Waals surface area contributed by atoms with E-state index in [1.807, 2.05) is 0 Å². The molecule has 0 heterocycles. The fourth-order valence-electron chi connectivity index (χ4n) is 5.74. The number of hydrogen-bond donors (Lipinski definition) is 0. The standard InChI is InChI=1S/C36H54O/c1-3-5-11-29-37-30-36-27-25-35(26-28-36)16-10-9-15-34-23-21-33(22-24-34)14-8-7-13-32-19-17-31(18-20-32)12-6-4-2/h6,12,21-28,31-32H,3-5,7-11,13-20,29-30H2,1-2H3/b12-6+. The van der Waals surface area contributed by atoms with E-state index in [9.17, 15) is 0 Å². The van der Waals surface area contributed by atoms with Gasteiger partial charge in [0.05, 0.1) is 6.61 Å². The van der Waals surface area contributed by atoms with Crippen molar-refractivity contribution in [1.82, 2.24) is 0 Å². The molecule has 37 heavy (non-hydrogen) atoms. The summed E-state index contributed by atoms with van der Waals surface area (Å²) in [5.41, 5.74) is 5.76. The highest BCUT2D eigenvalue weighted by Crippen LogP contribution is 2.32. The van der Waals surface area contributed by atoms with E-state index in [1.54, 1.807) is 0 Å². The van der Waals surface area contributed by atoms with Gasteiger partial charge in [-0.1, -0.05) is 100 Å². The Hall–Kier alpha value is -1.86. The Kier molecular flexibility index (Phi) is 14.8. The molecule has 0 spiro atoms. The zero-order valence-electron chi connectivity index (χ0n) is 24.1. The van der Waals surface area contributed by atoms with Gasteiger partial charge in [0, 0.05) is 6.61 Å². The Morgan fingerprint density at radius 2 is 1.19 bits per heavy atom. The van der Waals surface area contributed by atoms with Gasteiger partial charge in [0.25, 0.3) is 0 Å². The van der Waals surface area contributed by atoms with E-state index in [1.165, 1.54) is 125 Å². The van der Waals surface area contributed by atoms with Crippen LogP contribution in [-0.2, 0) is 30.6 Å². The lowest BCUT2D eigenvalue weighted by Gasteiger charge is -2.26. The number of aryl methyl sites for hydroxylation is 3. The Morgan fingerprint density at radius 1 is 0.649 bits per heavy atom. The summed E-state index contributed by atoms with van der Waals surface area (Å²) in [7, 11) is 0. The van der Waals surface area contributed by atoms with Crippen LogP contribution in [0.4, 0.5) is 0 Å². The summed E-state index contributed by atoms with van der Waals surface area (Å²) < 4.78 is 5.78. The van der Waals surface area contributed by atoms with Gasteiger partial charge in [0.15, 0.2) is 0 Å². The van der Waals surface area contributed by atoms with Crippen molar-refractivity contribution in [3.63, 3.8) is 0 Å². The number of rotatable bonds is 18. The second kappa shape index (κ2) is 18.4. The molecule has 0 aromatic heterocycles. The van der Waals surface area contributed by atoms with Crippen LogP contribution in [0.3, 0.4) is 0 Å². The number of unbranched alkanes of at least 4 members (excludes halogenated alkanes) is 4. The molecule has 1 aliphatic rings. The quantitative estimate of drug-likeness (QED) is 0.145. The highest BCUT2D eigenvalue weighted by molar-refractivity contribution is 5.23. The van der Waals surface area contributed by atoms with Crippen LogP contribution in [-0.4, -0.2) is 6.61 Å². The molecular formula is C36H54O. The molecule has 0 saturated heterocycles. The molecule has 1 fully saturated rings. The third-order valence-corrected chi connectivity index (χ3v) is 8.25. The van der Waals surface area contributed by atoms with Crippen molar-refractivity contribution in [1.29, 1.82) is 0 Å². The summed E-state index contributed by atoms with van der Waals surface area (Å²) in [5.74, 6) is 1.85. The van der Waals surface area contributed by atoms with E-state index >= 15 is 0 Å². The van der Waals surface area contributed by atoms with E-state index in [4.69, 9.17) is 4.74 Å². The molecule has 1 heteroatoms. The summed E-state index contributed by atoms with van der Waals surface area (Å²) in [4.78, 5) is 0. The van der Waals surface area contributed by atoms with Crippen LogP contribution in [0.25, 0.3) is 0 Å². The Bertz CT molecular complexity index is 839. The molecule has 0 radical (unpaired) electrons. The minimum absolute atomic E-state index is 0.748. The predicted molar refractivity (Wildman–Crippen MR) is 161 cm³/mol. The Balaban J connectivity index is 1.22. The third kappa shape index (κ3) is 12.5. The molecule has 0 bridgehead atoms. The van der Waals surface area contributed by atoms with Gasteiger partial charge in [0.2, 0.25) is 0 Å². The van der Waals surface area contributed by atoms with Crippen LogP contribution in [0.15, 0.2) is 60.7 Å². The summed E-state index contributed by atoms with van der Waals surface area (Å²) in [6, 6.07) is 18.6. The third-order valence-electron chi connectivity index (χ3n) is 8.25. The van der Waals surface area contributed by atoms with Gasteiger partial charge in [0.1, 0.15) is 0 Å². The van der Waals surface area contributed by atoms with Gasteiger partial charge < -0.3 is 4.74 Å². The van der Waals surface area contributed by atoms with Crippen molar-refractivity contribution in [3.05, 3.63) is 82.9 Å². The van der Waals surface area contributed by atoms with Crippen molar-refractivity contribution in [2.75, 3.05) is 6.61 Å². The smallest absolute Gasteiger partial charge is 0.0716 e. The van der Waals surface area contributed by atoms with E-state index < -0.39 is 0 Å². The van der Waals surface area contributed by atoms with Crippen LogP contribution in [0.2, 0.25) is 0 Å². The highest BCUT2D eigenvalue weighted by Gasteiger charge is 2.18. The van der Waals surface area contributed by atoms with Gasteiger partial charge in [-0.15, -0.1) is 0 Å². The second-order valence-electron chi connectivity index (χ2n) is 11.5. The van der Waals surface area contributed by atoms with Crippen LogP contribution in [0.5, 0.6) is 0 Å². The molecular weight excluding hydrogens is 448 g/mol. The summed E-state index contributed by atoms with van der Waals surface area (Å²) in [6.45, 7) is 6.10. The largest absolute Gasteiger partial charge is 0.377 e. The molecule has 1 nitrogen and oxygen atoms in total. The van der Waals surface area contributed by atoms with Crippen LogP contribution in [0, 0.1) is 11.8 Å². The van der Waals surface area contributed by atoms with E-state index in [0.29, 0.717) is 0 Å². The lowest BCUT2D eigenvalue weighted by molar-refractivity contribution is 0.117. The number of ether oxygens (including phenoxy) is 1. The summed E-state index contributed by atoms with van der Waals surface area (Å²) >= 11 is 0. The number of allylic oxidation sites excluding steroid dienone is 2. The first-order chi connectivity index (χ1) is 18.3. The van der Waals surface area contributed by atoms with E-state index in [0.717, 1.165) is 25.0 Å². The SMILES string of the molecule is CC/C=C/C1CCC(CCCCc2ccc(CCCCc3ccc(COCCCCC)cc3)cc2)CC1. The second-order valence-corrected chi connectivity index (χ2v) is 11.5. The number of hydrogen-bond acceptors (Lipinski definition) is 1. The lowest BCUT2D eigenvalue weighted by Crippen LogP contribution is -2.13. The fraction of sp³-hybridized carbons (Fsp3) is 0.611. The van der Waals surface area contributed by atoms with Crippen molar-refractivity contribution in [3.8, 4) is 0 Å². The minimum Gasteiger partial charge on any atom is -0.377 e. The fourth-order valence-corrected chi connectivity index (χ4v) is 5.74. The molecule has 1 saturated carbocycles. The zero-order valence-corrected chi connectivity index (χ0v) is 24.1. The molecule has 3 rings (SSSR count). The van der Waals surface area contributed by atoms with Crippen LogP contribution >= 0.6 is 0 Å². The van der Waals surface area contributed by atoms with Crippen molar-refractivity contribution < 1.29 is 4.74 Å². The number of benzene rings is 2. The Labute approximate surface area is 229 Å². The maximum Gasteiger partial charge on any atom is 0.0716 e. The molecule has 0 aliphatic heterocycles. The zero-order chi connectivity index (χ0) is 26.0. The maximum absolute atomic E-state index is 5.78. The predicted octanol–water partition coefficient (Wildman–Crippen LogP) is 10.4. The van der Waals surface area contributed by atoms with Gasteiger partial charge in [-0.2, -0.15) is 0 Å². The van der Waals surface area contributed by atoms with Crippen LogP contribution < -0.4 is 0 Å². The van der Waals surface area contributed by atoms with Crippen LogP contribution in [0.1, 0.15) is 120 Å². The van der Waals surface area contributed by atoms with E-state index in [-0.39, 0.29) is 0 Å². The molecule has 0 amide bonds. The highest BCUT2D eigenvalue weighted by atomic mass is 16.5. The molecule has 0 N–H and O–H groups in total. The first-order valence-corrected chi connectivity index (χ1v) is 15.7. The monoisotopic (exact) mass is 502 g/mol. The molecule has 2 aromatic rings. The molecule has 1 aliphatic carbocycles. The van der Waals surface area contributed by atoms with Crippen molar-refractivity contribution >= 4 is 0 Å². The van der Waals surface area contributed by atoms with Crippen molar-refractivity contribution in [2.45, 2.75) is 123 Å². The average molecular weight is 503 g/mol. The first kappa shape index (κ1) is 29.7. The van der Waals surface area contributed by atoms with Gasteiger partial charge in [-0.3, -0.25) is 0 Å². The van der Waals surface area contributed by atoms with Gasteiger partial charge >= 0.3 is 0 Å². The molecule has 2 aromatic carbocycles. The molecule has 0 atom stereocenters. The average Bonchev–Trinajstić information content (AvgIpc) is 2.94. The minimum atomic E-state index is 0.748. The maximum atomic E-state index is 5.78.